The molecular weight excluding hydrogens is 425 g/mol. The minimum atomic E-state index is -0.179. The second-order valence-corrected chi connectivity index (χ2v) is 9.76. The number of rotatable bonds is 1. The molecule has 132 valence electrons. The molecule has 0 atom stereocenters. The summed E-state index contributed by atoms with van der Waals surface area (Å²) in [5.41, 5.74) is 4.12. The van der Waals surface area contributed by atoms with Crippen LogP contribution >= 0.6 is 22.6 Å². The summed E-state index contributed by atoms with van der Waals surface area (Å²) in [6.45, 7) is 12.8. The highest BCUT2D eigenvalue weighted by molar-refractivity contribution is 14.1. The number of hydrogen-bond donors (Lipinski definition) is 1. The Morgan fingerprint density at radius 2 is 1.52 bits per heavy atom. The Labute approximate surface area is 162 Å². The standard InChI is InChI=1S/C20H24IN3O/c1-19(2,3)12-9-14(20(4,5)6)18(25)17(10-12)24-22-15-8-7-13(21)11-16(15)23-24/h7-11,25H,1-6H3. The van der Waals surface area contributed by atoms with Crippen LogP contribution in [0.2, 0.25) is 0 Å². The summed E-state index contributed by atoms with van der Waals surface area (Å²) in [6, 6.07) is 10.1. The van der Waals surface area contributed by atoms with Gasteiger partial charge in [0.2, 0.25) is 0 Å². The van der Waals surface area contributed by atoms with Crippen molar-refractivity contribution in [3.63, 3.8) is 0 Å². The van der Waals surface area contributed by atoms with Crippen molar-refractivity contribution in [2.75, 3.05) is 0 Å². The Hall–Kier alpha value is -1.63. The van der Waals surface area contributed by atoms with E-state index >= 15 is 0 Å². The summed E-state index contributed by atoms with van der Waals surface area (Å²) >= 11 is 2.26. The van der Waals surface area contributed by atoms with E-state index in [4.69, 9.17) is 0 Å². The van der Waals surface area contributed by atoms with Crippen LogP contribution in [-0.4, -0.2) is 20.1 Å². The molecule has 0 amide bonds. The fourth-order valence-corrected chi connectivity index (χ4v) is 3.25. The fraction of sp³-hybridized carbons (Fsp3) is 0.400. The lowest BCUT2D eigenvalue weighted by Crippen LogP contribution is -2.18. The average molecular weight is 449 g/mol. The third-order valence-electron chi connectivity index (χ3n) is 4.32. The largest absolute Gasteiger partial charge is 0.505 e. The zero-order valence-corrected chi connectivity index (χ0v) is 17.7. The minimum Gasteiger partial charge on any atom is -0.505 e. The van der Waals surface area contributed by atoms with Crippen molar-refractivity contribution < 1.29 is 5.11 Å². The van der Waals surface area contributed by atoms with Gasteiger partial charge in [-0.2, -0.15) is 0 Å². The van der Waals surface area contributed by atoms with E-state index in [2.05, 4.69) is 80.4 Å². The summed E-state index contributed by atoms with van der Waals surface area (Å²) in [4.78, 5) is 1.56. The van der Waals surface area contributed by atoms with Gasteiger partial charge in [0.05, 0.1) is 0 Å². The molecule has 25 heavy (non-hydrogen) atoms. The molecule has 0 spiro atoms. The molecule has 0 aliphatic carbocycles. The van der Waals surface area contributed by atoms with Crippen LogP contribution in [0, 0.1) is 3.57 Å². The second kappa shape index (κ2) is 5.97. The molecule has 1 N–H and O–H groups in total. The van der Waals surface area contributed by atoms with Gasteiger partial charge in [0.25, 0.3) is 0 Å². The van der Waals surface area contributed by atoms with E-state index in [0.29, 0.717) is 5.69 Å². The molecule has 0 saturated carbocycles. The van der Waals surface area contributed by atoms with Gasteiger partial charge in [-0.05, 0) is 63.2 Å². The Morgan fingerprint density at radius 1 is 0.880 bits per heavy atom. The van der Waals surface area contributed by atoms with E-state index in [-0.39, 0.29) is 16.6 Å². The number of phenols is 1. The quantitative estimate of drug-likeness (QED) is 0.512. The van der Waals surface area contributed by atoms with E-state index in [1.165, 1.54) is 0 Å². The maximum Gasteiger partial charge on any atom is 0.146 e. The van der Waals surface area contributed by atoms with Crippen LogP contribution in [-0.2, 0) is 10.8 Å². The molecule has 0 radical (unpaired) electrons. The number of nitrogens with zero attached hydrogens (tertiary/aromatic N) is 3. The number of halogens is 1. The van der Waals surface area contributed by atoms with Gasteiger partial charge in [0.1, 0.15) is 22.5 Å². The number of fused-ring (bicyclic) bond motifs is 1. The predicted molar refractivity (Wildman–Crippen MR) is 111 cm³/mol. The second-order valence-electron chi connectivity index (χ2n) is 8.51. The first-order chi connectivity index (χ1) is 11.5. The lowest BCUT2D eigenvalue weighted by molar-refractivity contribution is 0.438. The molecule has 3 aromatic rings. The van der Waals surface area contributed by atoms with E-state index in [9.17, 15) is 5.11 Å². The molecular formula is C20H24IN3O. The Kier molecular flexibility index (Phi) is 4.34. The lowest BCUT2D eigenvalue weighted by atomic mass is 9.80. The van der Waals surface area contributed by atoms with E-state index in [1.54, 1.807) is 4.80 Å². The third kappa shape index (κ3) is 3.52. The monoisotopic (exact) mass is 449 g/mol. The molecule has 0 saturated heterocycles. The van der Waals surface area contributed by atoms with Gasteiger partial charge in [0.15, 0.2) is 0 Å². The van der Waals surface area contributed by atoms with Crippen LogP contribution in [0.15, 0.2) is 30.3 Å². The smallest absolute Gasteiger partial charge is 0.146 e. The van der Waals surface area contributed by atoms with Crippen molar-refractivity contribution >= 4 is 33.6 Å². The number of aromatic nitrogens is 3. The van der Waals surface area contributed by atoms with Crippen LogP contribution in [0.3, 0.4) is 0 Å². The summed E-state index contributed by atoms with van der Waals surface area (Å²) in [6.07, 6.45) is 0. The van der Waals surface area contributed by atoms with Crippen LogP contribution in [0.5, 0.6) is 5.75 Å². The molecule has 5 heteroatoms. The highest BCUT2D eigenvalue weighted by Crippen LogP contribution is 2.39. The van der Waals surface area contributed by atoms with Crippen molar-refractivity contribution in [2.24, 2.45) is 0 Å². The molecule has 3 rings (SSSR count). The minimum absolute atomic E-state index is 0.0373. The van der Waals surface area contributed by atoms with Gasteiger partial charge < -0.3 is 5.11 Å². The Morgan fingerprint density at radius 3 is 2.12 bits per heavy atom. The first-order valence-corrected chi connectivity index (χ1v) is 9.45. The first kappa shape index (κ1) is 18.2. The van der Waals surface area contributed by atoms with Crippen LogP contribution in [0.25, 0.3) is 16.7 Å². The van der Waals surface area contributed by atoms with Crippen molar-refractivity contribution in [1.29, 1.82) is 0 Å². The third-order valence-corrected chi connectivity index (χ3v) is 4.99. The summed E-state index contributed by atoms with van der Waals surface area (Å²) in [5.74, 6) is 0.246. The normalized spacial score (nSPS) is 12.8. The Balaban J connectivity index is 2.29. The zero-order chi connectivity index (χ0) is 18.6. The molecule has 0 bridgehead atoms. The summed E-state index contributed by atoms with van der Waals surface area (Å²) in [5, 5.41) is 20.1. The summed E-state index contributed by atoms with van der Waals surface area (Å²) in [7, 11) is 0. The molecule has 0 fully saturated rings. The van der Waals surface area contributed by atoms with Gasteiger partial charge in [-0.25, -0.2) is 0 Å². The molecule has 2 aromatic carbocycles. The number of hydrogen-bond acceptors (Lipinski definition) is 3. The molecule has 0 aliphatic rings. The topological polar surface area (TPSA) is 50.9 Å². The number of benzene rings is 2. The first-order valence-electron chi connectivity index (χ1n) is 8.38. The summed E-state index contributed by atoms with van der Waals surface area (Å²) < 4.78 is 1.11. The molecule has 1 heterocycles. The maximum absolute atomic E-state index is 10.9. The van der Waals surface area contributed by atoms with Crippen molar-refractivity contribution in [3.8, 4) is 11.4 Å². The Bertz CT molecular complexity index is 946. The highest BCUT2D eigenvalue weighted by Gasteiger charge is 2.26. The number of phenolic OH excluding ortho intramolecular Hbond substituents is 1. The van der Waals surface area contributed by atoms with Crippen LogP contribution in [0.4, 0.5) is 0 Å². The van der Waals surface area contributed by atoms with Gasteiger partial charge >= 0.3 is 0 Å². The van der Waals surface area contributed by atoms with E-state index in [0.717, 1.165) is 25.7 Å². The SMILES string of the molecule is CC(C)(C)c1cc(-n2nc3ccc(I)cc3n2)c(O)c(C(C)(C)C)c1. The molecule has 4 nitrogen and oxygen atoms in total. The van der Waals surface area contributed by atoms with E-state index in [1.807, 2.05) is 24.3 Å². The van der Waals surface area contributed by atoms with Crippen molar-refractivity contribution in [2.45, 2.75) is 52.4 Å². The molecule has 0 aliphatic heterocycles. The maximum atomic E-state index is 10.9. The van der Waals surface area contributed by atoms with Crippen molar-refractivity contribution in [3.05, 3.63) is 45.0 Å². The fourth-order valence-electron chi connectivity index (χ4n) is 2.77. The van der Waals surface area contributed by atoms with Gasteiger partial charge in [0, 0.05) is 9.13 Å². The average Bonchev–Trinajstić information content (AvgIpc) is 2.87. The van der Waals surface area contributed by atoms with Gasteiger partial charge in [-0.15, -0.1) is 15.0 Å². The van der Waals surface area contributed by atoms with Crippen LogP contribution < -0.4 is 0 Å². The predicted octanol–water partition coefficient (Wildman–Crippen LogP) is 5.33. The highest BCUT2D eigenvalue weighted by atomic mass is 127. The van der Waals surface area contributed by atoms with Gasteiger partial charge in [-0.3, -0.25) is 0 Å². The lowest BCUT2D eigenvalue weighted by Gasteiger charge is -2.27. The zero-order valence-electron chi connectivity index (χ0n) is 15.6. The van der Waals surface area contributed by atoms with E-state index < -0.39 is 0 Å². The molecule has 1 aromatic heterocycles. The molecule has 0 unspecified atom stereocenters. The number of aromatic hydroxyl groups is 1. The van der Waals surface area contributed by atoms with Gasteiger partial charge in [-0.1, -0.05) is 47.6 Å². The van der Waals surface area contributed by atoms with Crippen LogP contribution in [0.1, 0.15) is 52.7 Å². The van der Waals surface area contributed by atoms with Crippen molar-refractivity contribution in [1.82, 2.24) is 15.0 Å².